The fourth-order valence-corrected chi connectivity index (χ4v) is 1.81. The lowest BCUT2D eigenvalue weighted by atomic mass is 10.2. The van der Waals surface area contributed by atoms with Crippen LogP contribution in [0.3, 0.4) is 0 Å². The molecule has 0 fully saturated rings. The molecule has 0 radical (unpaired) electrons. The zero-order valence-corrected chi connectivity index (χ0v) is 11.2. The Morgan fingerprint density at radius 3 is 2.71 bits per heavy atom. The molecule has 1 N–H and O–H groups in total. The van der Waals surface area contributed by atoms with Crippen LogP contribution in [-0.2, 0) is 7.05 Å². The quantitative estimate of drug-likeness (QED) is 0.944. The van der Waals surface area contributed by atoms with E-state index < -0.39 is 24.1 Å². The summed E-state index contributed by atoms with van der Waals surface area (Å²) in [6.07, 6.45) is 1.49. The van der Waals surface area contributed by atoms with Crippen molar-refractivity contribution in [3.05, 3.63) is 41.5 Å². The van der Waals surface area contributed by atoms with Gasteiger partial charge in [0.2, 0.25) is 0 Å². The van der Waals surface area contributed by atoms with Crippen LogP contribution in [0.1, 0.15) is 16.1 Å². The van der Waals surface area contributed by atoms with E-state index in [-0.39, 0.29) is 11.3 Å². The first-order chi connectivity index (χ1) is 9.86. The van der Waals surface area contributed by atoms with Gasteiger partial charge >= 0.3 is 6.61 Å². The summed E-state index contributed by atoms with van der Waals surface area (Å²) in [5, 5.41) is 6.40. The molecule has 0 aliphatic carbocycles. The second-order valence-corrected chi connectivity index (χ2v) is 4.27. The van der Waals surface area contributed by atoms with E-state index in [2.05, 4.69) is 15.2 Å². The SMILES string of the molecule is Cc1nn(C)cc1C(=O)Nc1ccc(F)cc1OC(F)F. The van der Waals surface area contributed by atoms with Gasteiger partial charge in [-0.25, -0.2) is 4.39 Å². The number of anilines is 1. The molecule has 0 spiro atoms. The number of amides is 1. The first-order valence-electron chi connectivity index (χ1n) is 5.93. The molecule has 0 aliphatic heterocycles. The van der Waals surface area contributed by atoms with Crippen molar-refractivity contribution in [2.75, 3.05) is 5.32 Å². The van der Waals surface area contributed by atoms with Crippen molar-refractivity contribution in [1.82, 2.24) is 9.78 Å². The Balaban J connectivity index is 2.26. The maximum Gasteiger partial charge on any atom is 0.387 e. The zero-order chi connectivity index (χ0) is 15.6. The predicted molar refractivity (Wildman–Crippen MR) is 68.9 cm³/mol. The van der Waals surface area contributed by atoms with Gasteiger partial charge in [-0.1, -0.05) is 0 Å². The topological polar surface area (TPSA) is 56.2 Å². The summed E-state index contributed by atoms with van der Waals surface area (Å²) in [4.78, 5) is 12.1. The number of hydrogen-bond donors (Lipinski definition) is 1. The van der Waals surface area contributed by atoms with Crippen LogP contribution in [-0.4, -0.2) is 22.3 Å². The lowest BCUT2D eigenvalue weighted by Gasteiger charge is -2.11. The van der Waals surface area contributed by atoms with Crippen LogP contribution in [0.5, 0.6) is 5.75 Å². The van der Waals surface area contributed by atoms with Gasteiger partial charge in [-0.3, -0.25) is 9.48 Å². The number of nitrogens with one attached hydrogen (secondary N) is 1. The second kappa shape index (κ2) is 5.86. The van der Waals surface area contributed by atoms with Crippen LogP contribution < -0.4 is 10.1 Å². The smallest absolute Gasteiger partial charge is 0.387 e. The minimum Gasteiger partial charge on any atom is -0.432 e. The Bertz CT molecular complexity index is 671. The molecule has 2 rings (SSSR count). The molecule has 1 heterocycles. The van der Waals surface area contributed by atoms with Crippen LogP contribution in [0.25, 0.3) is 0 Å². The van der Waals surface area contributed by atoms with Gasteiger partial charge in [-0.2, -0.15) is 13.9 Å². The maximum atomic E-state index is 13.1. The highest BCUT2D eigenvalue weighted by Gasteiger charge is 2.17. The van der Waals surface area contributed by atoms with E-state index in [0.29, 0.717) is 5.69 Å². The number of aryl methyl sites for hydroxylation is 2. The predicted octanol–water partition coefficient (Wildman–Crippen LogP) is 2.72. The minimum atomic E-state index is -3.12. The molecule has 0 unspecified atom stereocenters. The number of rotatable bonds is 4. The molecular weight excluding hydrogens is 287 g/mol. The van der Waals surface area contributed by atoms with Gasteiger partial charge in [0.15, 0.2) is 5.75 Å². The van der Waals surface area contributed by atoms with Gasteiger partial charge in [-0.05, 0) is 19.1 Å². The number of nitrogens with zero attached hydrogens (tertiary/aromatic N) is 2. The highest BCUT2D eigenvalue weighted by Crippen LogP contribution is 2.27. The van der Waals surface area contributed by atoms with E-state index in [1.807, 2.05) is 0 Å². The number of benzene rings is 1. The van der Waals surface area contributed by atoms with Gasteiger partial charge in [0.25, 0.3) is 5.91 Å². The number of ether oxygens (including phenoxy) is 1. The molecule has 1 amide bonds. The van der Waals surface area contributed by atoms with Crippen LogP contribution in [0, 0.1) is 12.7 Å². The van der Waals surface area contributed by atoms with E-state index in [0.717, 1.165) is 18.2 Å². The summed E-state index contributed by atoms with van der Waals surface area (Å²) in [5.74, 6) is -1.74. The summed E-state index contributed by atoms with van der Waals surface area (Å²) >= 11 is 0. The number of halogens is 3. The minimum absolute atomic E-state index is 0.0510. The van der Waals surface area contributed by atoms with Crippen molar-refractivity contribution < 1.29 is 22.7 Å². The van der Waals surface area contributed by atoms with Gasteiger partial charge in [0, 0.05) is 19.3 Å². The average Bonchev–Trinajstić information content (AvgIpc) is 2.71. The summed E-state index contributed by atoms with van der Waals surface area (Å²) < 4.78 is 43.3. The molecule has 1 aromatic carbocycles. The van der Waals surface area contributed by atoms with Crippen LogP contribution in [0.4, 0.5) is 18.9 Å². The molecule has 0 atom stereocenters. The van der Waals surface area contributed by atoms with Gasteiger partial charge in [-0.15, -0.1) is 0 Å². The summed E-state index contributed by atoms with van der Waals surface area (Å²) in [6.45, 7) is -1.49. The molecule has 8 heteroatoms. The third-order valence-corrected chi connectivity index (χ3v) is 2.67. The second-order valence-electron chi connectivity index (χ2n) is 4.27. The van der Waals surface area contributed by atoms with E-state index in [4.69, 9.17) is 0 Å². The van der Waals surface area contributed by atoms with Crippen molar-refractivity contribution in [3.8, 4) is 5.75 Å². The third kappa shape index (κ3) is 3.53. The van der Waals surface area contributed by atoms with Gasteiger partial charge in [0.05, 0.1) is 16.9 Å². The molecule has 21 heavy (non-hydrogen) atoms. The Hall–Kier alpha value is -2.51. The largest absolute Gasteiger partial charge is 0.432 e. The van der Waals surface area contributed by atoms with Crippen LogP contribution in [0.15, 0.2) is 24.4 Å². The third-order valence-electron chi connectivity index (χ3n) is 2.67. The fraction of sp³-hybridized carbons (Fsp3) is 0.231. The normalized spacial score (nSPS) is 10.8. The first-order valence-corrected chi connectivity index (χ1v) is 5.93. The number of aromatic nitrogens is 2. The Kier molecular flexibility index (Phi) is 4.15. The highest BCUT2D eigenvalue weighted by atomic mass is 19.3. The number of hydrogen-bond acceptors (Lipinski definition) is 3. The Morgan fingerprint density at radius 2 is 2.14 bits per heavy atom. The lowest BCUT2D eigenvalue weighted by molar-refractivity contribution is -0.0495. The molecule has 0 saturated heterocycles. The zero-order valence-electron chi connectivity index (χ0n) is 11.2. The number of carbonyl (C=O) groups excluding carboxylic acids is 1. The van der Waals surface area contributed by atoms with Crippen molar-refractivity contribution in [3.63, 3.8) is 0 Å². The standard InChI is InChI=1S/C13H12F3N3O2/c1-7-9(6-19(2)18-7)12(20)17-10-4-3-8(14)5-11(10)21-13(15)16/h3-6,13H,1-2H3,(H,17,20). The Labute approximate surface area is 118 Å². The first kappa shape index (κ1) is 14.9. The number of alkyl halides is 2. The lowest BCUT2D eigenvalue weighted by Crippen LogP contribution is -2.14. The molecule has 112 valence electrons. The average molecular weight is 299 g/mol. The van der Waals surface area contributed by atoms with Crippen molar-refractivity contribution >= 4 is 11.6 Å². The van der Waals surface area contributed by atoms with Crippen molar-refractivity contribution in [2.45, 2.75) is 13.5 Å². The molecule has 2 aromatic rings. The van der Waals surface area contributed by atoms with E-state index in [1.54, 1.807) is 14.0 Å². The van der Waals surface area contributed by atoms with Crippen LogP contribution >= 0.6 is 0 Å². The van der Waals surface area contributed by atoms with E-state index in [9.17, 15) is 18.0 Å². The summed E-state index contributed by atoms with van der Waals surface area (Å²) in [7, 11) is 1.65. The monoisotopic (exact) mass is 299 g/mol. The molecule has 0 aliphatic rings. The molecule has 1 aromatic heterocycles. The van der Waals surface area contributed by atoms with Gasteiger partial charge in [0.1, 0.15) is 5.82 Å². The Morgan fingerprint density at radius 1 is 1.43 bits per heavy atom. The van der Waals surface area contributed by atoms with E-state index >= 15 is 0 Å². The fourth-order valence-electron chi connectivity index (χ4n) is 1.81. The molecule has 0 saturated carbocycles. The number of carbonyl (C=O) groups is 1. The van der Waals surface area contributed by atoms with Gasteiger partial charge < -0.3 is 10.1 Å². The summed E-state index contributed by atoms with van der Waals surface area (Å²) in [6, 6.07) is 2.96. The van der Waals surface area contributed by atoms with Crippen molar-refractivity contribution in [2.24, 2.45) is 7.05 Å². The molecular formula is C13H12F3N3O2. The molecule has 0 bridgehead atoms. The molecule has 5 nitrogen and oxygen atoms in total. The summed E-state index contributed by atoms with van der Waals surface area (Å²) in [5.41, 5.74) is 0.711. The van der Waals surface area contributed by atoms with Crippen molar-refractivity contribution in [1.29, 1.82) is 0 Å². The van der Waals surface area contributed by atoms with Crippen LogP contribution in [0.2, 0.25) is 0 Å². The maximum absolute atomic E-state index is 13.1. The van der Waals surface area contributed by atoms with E-state index in [1.165, 1.54) is 10.9 Å². The highest BCUT2D eigenvalue weighted by molar-refractivity contribution is 6.05.